The van der Waals surface area contributed by atoms with E-state index in [1.54, 1.807) is 31.1 Å². The van der Waals surface area contributed by atoms with Crippen molar-refractivity contribution < 1.29 is 14.8 Å². The number of carbonyl (C=O) groups is 1. The maximum atomic E-state index is 11.7. The van der Waals surface area contributed by atoms with Crippen molar-refractivity contribution in [2.75, 3.05) is 32.1 Å². The summed E-state index contributed by atoms with van der Waals surface area (Å²) in [4.78, 5) is 25.3. The number of aliphatic hydroxyl groups excluding tert-OH is 1. The lowest BCUT2D eigenvalue weighted by molar-refractivity contribution is -0.385. The Morgan fingerprint density at radius 3 is 2.50 bits per heavy atom. The van der Waals surface area contributed by atoms with Crippen molar-refractivity contribution in [3.63, 3.8) is 0 Å². The molecule has 0 heterocycles. The summed E-state index contributed by atoms with van der Waals surface area (Å²) < 4.78 is 0. The summed E-state index contributed by atoms with van der Waals surface area (Å²) in [7, 11) is 3.34. The highest BCUT2D eigenvalue weighted by Crippen LogP contribution is 2.25. The van der Waals surface area contributed by atoms with E-state index >= 15 is 0 Å². The number of aliphatic hydroxyl groups is 1. The fraction of sp³-hybridized carbons (Fsp3) is 0.462. The number of hydrogen-bond donors (Lipinski definition) is 1. The van der Waals surface area contributed by atoms with Crippen LogP contribution in [0, 0.1) is 10.1 Å². The third-order valence-electron chi connectivity index (χ3n) is 3.00. The quantitative estimate of drug-likeness (QED) is 0.621. The van der Waals surface area contributed by atoms with Crippen LogP contribution in [0.25, 0.3) is 0 Å². The first kappa shape index (κ1) is 15.9. The van der Waals surface area contributed by atoms with Gasteiger partial charge in [0.05, 0.1) is 23.6 Å². The normalized spacial score (nSPS) is 10.2. The molecule has 0 radical (unpaired) electrons. The number of likely N-dealkylation sites (N-methyl/N-ethyl adjacent to an activating group) is 2. The molecular weight excluding hydrogens is 262 g/mol. The third-order valence-corrected chi connectivity index (χ3v) is 3.00. The smallest absolute Gasteiger partial charge is 0.275 e. The first-order valence-electron chi connectivity index (χ1n) is 6.24. The van der Waals surface area contributed by atoms with Crippen LogP contribution in [-0.4, -0.2) is 48.0 Å². The Morgan fingerprint density at radius 2 is 2.05 bits per heavy atom. The summed E-state index contributed by atoms with van der Waals surface area (Å²) in [5.74, 6) is -0.0595. The Labute approximate surface area is 117 Å². The second kappa shape index (κ2) is 6.85. The van der Waals surface area contributed by atoms with E-state index in [2.05, 4.69) is 0 Å². The molecule has 7 heteroatoms. The number of nitro groups is 1. The van der Waals surface area contributed by atoms with E-state index in [0.717, 1.165) is 0 Å². The number of carbonyl (C=O) groups excluding carboxylic acids is 1. The van der Waals surface area contributed by atoms with Crippen molar-refractivity contribution in [1.82, 2.24) is 4.90 Å². The Kier molecular flexibility index (Phi) is 5.45. The highest BCUT2D eigenvalue weighted by atomic mass is 16.6. The fourth-order valence-corrected chi connectivity index (χ4v) is 1.76. The lowest BCUT2D eigenvalue weighted by atomic mass is 10.1. The summed E-state index contributed by atoms with van der Waals surface area (Å²) >= 11 is 0. The topological polar surface area (TPSA) is 86.9 Å². The average Bonchev–Trinajstić information content (AvgIpc) is 2.43. The van der Waals surface area contributed by atoms with Crippen molar-refractivity contribution in [3.05, 3.63) is 33.9 Å². The molecule has 1 amide bonds. The van der Waals surface area contributed by atoms with Crippen molar-refractivity contribution in [3.8, 4) is 0 Å². The van der Waals surface area contributed by atoms with E-state index in [4.69, 9.17) is 0 Å². The Balaban J connectivity index is 3.04. The number of anilines is 1. The van der Waals surface area contributed by atoms with Crippen molar-refractivity contribution in [2.24, 2.45) is 0 Å². The molecule has 0 aliphatic heterocycles. The van der Waals surface area contributed by atoms with E-state index in [-0.39, 0.29) is 23.7 Å². The molecule has 0 unspecified atom stereocenters. The van der Waals surface area contributed by atoms with Crippen molar-refractivity contribution in [1.29, 1.82) is 0 Å². The van der Waals surface area contributed by atoms with Crippen LogP contribution in [0.15, 0.2) is 18.2 Å². The first-order valence-corrected chi connectivity index (χ1v) is 6.24. The summed E-state index contributed by atoms with van der Waals surface area (Å²) in [5, 5.41) is 20.0. The summed E-state index contributed by atoms with van der Waals surface area (Å²) in [6.07, 6.45) is 0. The zero-order valence-electron chi connectivity index (χ0n) is 11.9. The molecule has 7 nitrogen and oxygen atoms in total. The molecule has 0 saturated carbocycles. The highest BCUT2D eigenvalue weighted by molar-refractivity contribution is 5.81. The van der Waals surface area contributed by atoms with Gasteiger partial charge in [-0.05, 0) is 19.1 Å². The van der Waals surface area contributed by atoms with E-state index < -0.39 is 11.5 Å². The van der Waals surface area contributed by atoms with Crippen LogP contribution in [0.2, 0.25) is 0 Å². The van der Waals surface area contributed by atoms with Gasteiger partial charge < -0.3 is 14.9 Å². The minimum absolute atomic E-state index is 0.0595. The number of nitro benzene ring substituents is 1. The minimum atomic E-state index is -0.531. The number of hydrogen-bond acceptors (Lipinski definition) is 5. The van der Waals surface area contributed by atoms with Gasteiger partial charge in [-0.15, -0.1) is 0 Å². The molecule has 1 aromatic rings. The predicted octanol–water partition coefficient (Wildman–Crippen LogP) is 1.00. The van der Waals surface area contributed by atoms with Crippen LogP contribution >= 0.6 is 0 Å². The Morgan fingerprint density at radius 1 is 1.40 bits per heavy atom. The lowest BCUT2D eigenvalue weighted by Crippen LogP contribution is -2.36. The molecule has 0 fully saturated rings. The molecule has 0 atom stereocenters. The zero-order chi connectivity index (χ0) is 15.3. The highest BCUT2D eigenvalue weighted by Gasteiger charge is 2.17. The number of nitrogens with zero attached hydrogens (tertiary/aromatic N) is 3. The Hall–Kier alpha value is -2.15. The standard InChI is InChI=1S/C13H19N3O4/c1-4-15(8-13(18)14(2)3)11-5-6-12(16(19)20)10(7-11)9-17/h5-7,17H,4,8-9H2,1-3H3. The second-order valence-corrected chi connectivity index (χ2v) is 4.53. The van der Waals surface area contributed by atoms with E-state index in [1.807, 2.05) is 6.92 Å². The van der Waals surface area contributed by atoms with Gasteiger partial charge in [0, 0.05) is 32.4 Å². The fourth-order valence-electron chi connectivity index (χ4n) is 1.76. The molecule has 0 spiro atoms. The van der Waals surface area contributed by atoms with Gasteiger partial charge in [-0.25, -0.2) is 0 Å². The maximum Gasteiger partial charge on any atom is 0.275 e. The van der Waals surface area contributed by atoms with Gasteiger partial charge in [0.2, 0.25) is 5.91 Å². The predicted molar refractivity (Wildman–Crippen MR) is 75.6 cm³/mol. The average molecular weight is 281 g/mol. The van der Waals surface area contributed by atoms with Crippen LogP contribution in [-0.2, 0) is 11.4 Å². The van der Waals surface area contributed by atoms with Crippen molar-refractivity contribution in [2.45, 2.75) is 13.5 Å². The lowest BCUT2D eigenvalue weighted by Gasteiger charge is -2.24. The monoisotopic (exact) mass is 281 g/mol. The maximum absolute atomic E-state index is 11.7. The van der Waals surface area contributed by atoms with Crippen molar-refractivity contribution >= 4 is 17.3 Å². The van der Waals surface area contributed by atoms with Gasteiger partial charge in [0.15, 0.2) is 0 Å². The van der Waals surface area contributed by atoms with Gasteiger partial charge in [0.1, 0.15) is 0 Å². The molecule has 110 valence electrons. The van der Waals surface area contributed by atoms with Crippen LogP contribution in [0.4, 0.5) is 11.4 Å². The van der Waals surface area contributed by atoms with Gasteiger partial charge in [-0.3, -0.25) is 14.9 Å². The number of rotatable bonds is 6. The summed E-state index contributed by atoms with van der Waals surface area (Å²) in [6, 6.07) is 4.48. The van der Waals surface area contributed by atoms with Crippen LogP contribution in [0.5, 0.6) is 0 Å². The molecule has 0 bridgehead atoms. The van der Waals surface area contributed by atoms with E-state index in [0.29, 0.717) is 12.2 Å². The van der Waals surface area contributed by atoms with Crippen LogP contribution in [0.3, 0.4) is 0 Å². The van der Waals surface area contributed by atoms with Gasteiger partial charge in [0.25, 0.3) is 5.69 Å². The molecule has 20 heavy (non-hydrogen) atoms. The van der Waals surface area contributed by atoms with Crippen LogP contribution < -0.4 is 4.90 Å². The Bertz CT molecular complexity index is 502. The molecule has 0 saturated heterocycles. The zero-order valence-corrected chi connectivity index (χ0v) is 11.9. The molecule has 0 aromatic heterocycles. The van der Waals surface area contributed by atoms with Gasteiger partial charge in [-0.2, -0.15) is 0 Å². The molecule has 0 aliphatic carbocycles. The van der Waals surface area contributed by atoms with Gasteiger partial charge >= 0.3 is 0 Å². The summed E-state index contributed by atoms with van der Waals surface area (Å²) in [5.41, 5.74) is 0.798. The first-order chi connectivity index (χ1) is 9.40. The summed E-state index contributed by atoms with van der Waals surface area (Å²) in [6.45, 7) is 2.25. The SMILES string of the molecule is CCN(CC(=O)N(C)C)c1ccc([N+](=O)[O-])c(CO)c1. The molecule has 1 N–H and O–H groups in total. The minimum Gasteiger partial charge on any atom is -0.391 e. The van der Waals surface area contributed by atoms with Crippen LogP contribution in [0.1, 0.15) is 12.5 Å². The van der Waals surface area contributed by atoms with Gasteiger partial charge in [-0.1, -0.05) is 0 Å². The molecular formula is C13H19N3O4. The number of benzene rings is 1. The second-order valence-electron chi connectivity index (χ2n) is 4.53. The number of amides is 1. The van der Waals surface area contributed by atoms with E-state index in [1.165, 1.54) is 11.0 Å². The largest absolute Gasteiger partial charge is 0.391 e. The molecule has 1 aromatic carbocycles. The molecule has 1 rings (SSSR count). The third kappa shape index (κ3) is 3.67. The molecule has 0 aliphatic rings. The van der Waals surface area contributed by atoms with E-state index in [9.17, 15) is 20.0 Å².